The summed E-state index contributed by atoms with van der Waals surface area (Å²) in [6.45, 7) is 3.91. The quantitative estimate of drug-likeness (QED) is 0.488. The van der Waals surface area contributed by atoms with Gasteiger partial charge in [0, 0.05) is 6.04 Å². The maximum Gasteiger partial charge on any atom is 0.119 e. The Hall–Kier alpha value is -2.58. The fraction of sp³-hybridized carbons (Fsp3) is 0.280. The molecule has 1 unspecified atom stereocenters. The molecular weight excluding hydrogens is 330 g/mol. The second-order valence-corrected chi connectivity index (χ2v) is 7.07. The summed E-state index contributed by atoms with van der Waals surface area (Å²) < 4.78 is 5.86. The van der Waals surface area contributed by atoms with Crippen molar-refractivity contribution in [3.63, 3.8) is 0 Å². The topological polar surface area (TPSA) is 21.3 Å². The Balaban J connectivity index is 1.36. The van der Waals surface area contributed by atoms with Gasteiger partial charge in [-0.15, -0.1) is 0 Å². The highest BCUT2D eigenvalue weighted by atomic mass is 16.5. The van der Waals surface area contributed by atoms with Gasteiger partial charge in [-0.3, -0.25) is 0 Å². The van der Waals surface area contributed by atoms with Crippen molar-refractivity contribution in [1.82, 2.24) is 5.32 Å². The Bertz CT molecular complexity index is 768. The Labute approximate surface area is 163 Å². The third kappa shape index (κ3) is 6.92. The van der Waals surface area contributed by atoms with E-state index in [1.165, 1.54) is 23.1 Å². The molecule has 0 aromatic heterocycles. The summed E-state index contributed by atoms with van der Waals surface area (Å²) in [5.74, 6) is 0.922. The predicted octanol–water partition coefficient (Wildman–Crippen LogP) is 5.42. The normalized spacial score (nSPS) is 11.9. The maximum atomic E-state index is 5.86. The summed E-state index contributed by atoms with van der Waals surface area (Å²) in [5.41, 5.74) is 3.94. The number of hydrogen-bond acceptors (Lipinski definition) is 2. The van der Waals surface area contributed by atoms with E-state index in [4.69, 9.17) is 4.74 Å². The van der Waals surface area contributed by atoms with Crippen molar-refractivity contribution >= 4 is 0 Å². The minimum atomic E-state index is 0.469. The number of aryl methyl sites for hydroxylation is 1. The molecule has 27 heavy (non-hydrogen) atoms. The Morgan fingerprint density at radius 2 is 1.37 bits per heavy atom. The zero-order valence-electron chi connectivity index (χ0n) is 16.1. The van der Waals surface area contributed by atoms with Crippen LogP contribution in [0.4, 0.5) is 0 Å². The summed E-state index contributed by atoms with van der Waals surface area (Å²) in [7, 11) is 0. The molecule has 0 fully saturated rings. The van der Waals surface area contributed by atoms with Crippen LogP contribution in [0.5, 0.6) is 5.75 Å². The van der Waals surface area contributed by atoms with E-state index in [-0.39, 0.29) is 0 Å². The average molecular weight is 360 g/mol. The van der Waals surface area contributed by atoms with E-state index >= 15 is 0 Å². The van der Waals surface area contributed by atoms with Crippen LogP contribution < -0.4 is 10.1 Å². The molecule has 0 amide bonds. The first-order valence-corrected chi connectivity index (χ1v) is 9.82. The minimum Gasteiger partial charge on any atom is -0.489 e. The summed E-state index contributed by atoms with van der Waals surface area (Å²) in [4.78, 5) is 0. The minimum absolute atomic E-state index is 0.469. The van der Waals surface area contributed by atoms with Crippen LogP contribution >= 0.6 is 0 Å². The molecule has 140 valence electrons. The van der Waals surface area contributed by atoms with E-state index < -0.39 is 0 Å². The average Bonchev–Trinajstić information content (AvgIpc) is 2.72. The molecule has 0 aliphatic rings. The standard InChI is InChI=1S/C25H29NO/c1-21(26-18-8-13-22-9-4-2-5-10-22)19-23-14-16-25(17-15-23)27-20-24-11-6-3-7-12-24/h2-7,9-12,14-17,21,26H,8,13,18-20H2,1H3. The number of nitrogens with one attached hydrogen (secondary N) is 1. The molecule has 0 saturated heterocycles. The second-order valence-electron chi connectivity index (χ2n) is 7.07. The monoisotopic (exact) mass is 359 g/mol. The zero-order chi connectivity index (χ0) is 18.7. The molecule has 0 heterocycles. The molecule has 3 aromatic rings. The highest BCUT2D eigenvalue weighted by Crippen LogP contribution is 2.15. The lowest BCUT2D eigenvalue weighted by Gasteiger charge is -2.14. The fourth-order valence-corrected chi connectivity index (χ4v) is 3.17. The van der Waals surface area contributed by atoms with E-state index in [1.807, 2.05) is 18.2 Å². The lowest BCUT2D eigenvalue weighted by molar-refractivity contribution is 0.306. The largest absolute Gasteiger partial charge is 0.489 e. The molecule has 3 aromatic carbocycles. The molecule has 2 nitrogen and oxygen atoms in total. The van der Waals surface area contributed by atoms with Gasteiger partial charge >= 0.3 is 0 Å². The molecule has 0 radical (unpaired) electrons. The summed E-state index contributed by atoms with van der Waals surface area (Å²) in [6.07, 6.45) is 3.33. The number of benzene rings is 3. The Morgan fingerprint density at radius 1 is 0.741 bits per heavy atom. The van der Waals surface area contributed by atoms with Crippen LogP contribution in [0.15, 0.2) is 84.9 Å². The van der Waals surface area contributed by atoms with Crippen molar-refractivity contribution in [2.75, 3.05) is 6.54 Å². The summed E-state index contributed by atoms with van der Waals surface area (Å²) in [5, 5.41) is 3.63. The fourth-order valence-electron chi connectivity index (χ4n) is 3.17. The van der Waals surface area contributed by atoms with Crippen molar-refractivity contribution in [2.45, 2.75) is 38.8 Å². The van der Waals surface area contributed by atoms with Crippen LogP contribution in [0, 0.1) is 0 Å². The first-order chi connectivity index (χ1) is 13.3. The molecule has 0 bridgehead atoms. The summed E-state index contributed by atoms with van der Waals surface area (Å²) in [6, 6.07) is 29.9. The van der Waals surface area contributed by atoms with Crippen LogP contribution in [-0.2, 0) is 19.4 Å². The molecule has 0 saturated carbocycles. The lowest BCUT2D eigenvalue weighted by atomic mass is 10.1. The van der Waals surface area contributed by atoms with Crippen LogP contribution in [0.25, 0.3) is 0 Å². The molecule has 3 rings (SSSR count). The van der Waals surface area contributed by atoms with E-state index in [1.54, 1.807) is 0 Å². The Kier molecular flexibility index (Phi) is 7.49. The van der Waals surface area contributed by atoms with Gasteiger partial charge in [-0.1, -0.05) is 72.8 Å². The third-order valence-electron chi connectivity index (χ3n) is 4.69. The van der Waals surface area contributed by atoms with Crippen LogP contribution in [-0.4, -0.2) is 12.6 Å². The molecular formula is C25H29NO. The van der Waals surface area contributed by atoms with Gasteiger partial charge < -0.3 is 10.1 Å². The summed E-state index contributed by atoms with van der Waals surface area (Å²) >= 11 is 0. The molecule has 0 aliphatic heterocycles. The van der Waals surface area contributed by atoms with Crippen molar-refractivity contribution in [2.24, 2.45) is 0 Å². The van der Waals surface area contributed by atoms with E-state index in [2.05, 4.69) is 79.0 Å². The van der Waals surface area contributed by atoms with Crippen molar-refractivity contribution in [3.05, 3.63) is 102 Å². The van der Waals surface area contributed by atoms with Gasteiger partial charge in [0.2, 0.25) is 0 Å². The van der Waals surface area contributed by atoms with Gasteiger partial charge in [0.05, 0.1) is 0 Å². The molecule has 1 atom stereocenters. The van der Waals surface area contributed by atoms with E-state index in [0.29, 0.717) is 12.6 Å². The number of ether oxygens (including phenoxy) is 1. The van der Waals surface area contributed by atoms with Gasteiger partial charge in [0.15, 0.2) is 0 Å². The molecule has 0 aliphatic carbocycles. The van der Waals surface area contributed by atoms with Crippen molar-refractivity contribution in [1.29, 1.82) is 0 Å². The van der Waals surface area contributed by atoms with Gasteiger partial charge in [0.25, 0.3) is 0 Å². The SMILES string of the molecule is CC(Cc1ccc(OCc2ccccc2)cc1)NCCCc1ccccc1. The molecule has 2 heteroatoms. The van der Waals surface area contributed by atoms with Crippen molar-refractivity contribution in [3.8, 4) is 5.75 Å². The highest BCUT2D eigenvalue weighted by molar-refractivity contribution is 5.28. The van der Waals surface area contributed by atoms with Gasteiger partial charge in [-0.05, 0) is 61.6 Å². The van der Waals surface area contributed by atoms with Gasteiger partial charge in [0.1, 0.15) is 12.4 Å². The smallest absolute Gasteiger partial charge is 0.119 e. The second kappa shape index (κ2) is 10.5. The van der Waals surface area contributed by atoms with Crippen LogP contribution in [0.3, 0.4) is 0 Å². The van der Waals surface area contributed by atoms with Gasteiger partial charge in [-0.2, -0.15) is 0 Å². The highest BCUT2D eigenvalue weighted by Gasteiger charge is 2.04. The van der Waals surface area contributed by atoms with Gasteiger partial charge in [-0.25, -0.2) is 0 Å². The molecule has 0 spiro atoms. The Morgan fingerprint density at radius 3 is 2.04 bits per heavy atom. The molecule has 1 N–H and O–H groups in total. The zero-order valence-corrected chi connectivity index (χ0v) is 16.1. The lowest BCUT2D eigenvalue weighted by Crippen LogP contribution is -2.29. The first kappa shape index (κ1) is 19.2. The predicted molar refractivity (Wildman–Crippen MR) is 113 cm³/mol. The van der Waals surface area contributed by atoms with Crippen molar-refractivity contribution < 1.29 is 4.74 Å². The maximum absolute atomic E-state index is 5.86. The van der Waals surface area contributed by atoms with Crippen LogP contribution in [0.2, 0.25) is 0 Å². The van der Waals surface area contributed by atoms with Crippen LogP contribution in [0.1, 0.15) is 30.0 Å². The number of rotatable bonds is 10. The number of hydrogen-bond donors (Lipinski definition) is 1. The first-order valence-electron chi connectivity index (χ1n) is 9.82. The van der Waals surface area contributed by atoms with E-state index in [9.17, 15) is 0 Å². The third-order valence-corrected chi connectivity index (χ3v) is 4.69. The van der Waals surface area contributed by atoms with E-state index in [0.717, 1.165) is 25.1 Å².